The molecule has 2 rings (SSSR count). The second kappa shape index (κ2) is 5.25. The largest absolute Gasteiger partial charge is 0.347 e. The Morgan fingerprint density at radius 1 is 1.33 bits per heavy atom. The van der Waals surface area contributed by atoms with Gasteiger partial charge in [0.1, 0.15) is 0 Å². The lowest BCUT2D eigenvalue weighted by Gasteiger charge is -2.05. The van der Waals surface area contributed by atoms with Gasteiger partial charge in [-0.3, -0.25) is 0 Å². The Labute approximate surface area is 105 Å². The van der Waals surface area contributed by atoms with Gasteiger partial charge >= 0.3 is 0 Å². The van der Waals surface area contributed by atoms with Gasteiger partial charge in [0.25, 0.3) is 10.0 Å². The Balaban J connectivity index is 2.09. The molecular formula is C10H13N5O2S. The zero-order chi connectivity index (χ0) is 13.0. The van der Waals surface area contributed by atoms with E-state index in [0.717, 1.165) is 5.56 Å². The van der Waals surface area contributed by atoms with Gasteiger partial charge in [-0.25, -0.2) is 23.1 Å². The molecule has 0 fully saturated rings. The minimum atomic E-state index is -3.61. The molecule has 0 aromatic carbocycles. The first-order chi connectivity index (χ1) is 8.62. The molecule has 0 spiro atoms. The summed E-state index contributed by atoms with van der Waals surface area (Å²) in [6, 6.07) is 3.06. The fourth-order valence-corrected chi connectivity index (χ4v) is 2.25. The van der Waals surface area contributed by atoms with Crippen LogP contribution in [0.4, 0.5) is 0 Å². The Kier molecular flexibility index (Phi) is 3.70. The number of nitrogens with one attached hydrogen (secondary N) is 2. The number of hydrogen-bond acceptors (Lipinski definition) is 5. The maximum absolute atomic E-state index is 11.9. The van der Waals surface area contributed by atoms with Gasteiger partial charge in [-0.05, 0) is 11.6 Å². The van der Waals surface area contributed by atoms with Crippen molar-refractivity contribution in [3.63, 3.8) is 0 Å². The summed E-state index contributed by atoms with van der Waals surface area (Å²) in [5.41, 5.74) is 6.87. The van der Waals surface area contributed by atoms with E-state index < -0.39 is 10.0 Å². The highest BCUT2D eigenvalue weighted by atomic mass is 32.2. The summed E-state index contributed by atoms with van der Waals surface area (Å²) in [5.74, 6) is 0. The molecule has 96 valence electrons. The molecule has 2 aromatic rings. The third-order valence-electron chi connectivity index (χ3n) is 2.32. The van der Waals surface area contributed by atoms with Crippen molar-refractivity contribution in [3.8, 4) is 0 Å². The summed E-state index contributed by atoms with van der Waals surface area (Å²) >= 11 is 0. The molecule has 8 heteroatoms. The maximum atomic E-state index is 11.9. The number of nitrogens with two attached hydrogens (primary N) is 1. The molecule has 18 heavy (non-hydrogen) atoms. The molecule has 0 radical (unpaired) electrons. The number of hydrogen-bond donors (Lipinski definition) is 3. The molecule has 4 N–H and O–H groups in total. The molecule has 7 nitrogen and oxygen atoms in total. The van der Waals surface area contributed by atoms with Crippen LogP contribution in [0, 0.1) is 0 Å². The second-order valence-electron chi connectivity index (χ2n) is 3.61. The Bertz CT molecular complexity index is 592. The number of rotatable bonds is 5. The fraction of sp³-hybridized carbons (Fsp3) is 0.200. The molecule has 0 bridgehead atoms. The maximum Gasteiger partial charge on any atom is 0.258 e. The van der Waals surface area contributed by atoms with Gasteiger partial charge in [-0.15, -0.1) is 0 Å². The van der Waals surface area contributed by atoms with Gasteiger partial charge in [0, 0.05) is 24.6 Å². The SMILES string of the molecule is NCc1ccc(S(=O)(=O)NCc2cnc[nH]2)nc1. The van der Waals surface area contributed by atoms with Crippen molar-refractivity contribution in [1.82, 2.24) is 19.7 Å². The van der Waals surface area contributed by atoms with Gasteiger partial charge in [-0.2, -0.15) is 0 Å². The topological polar surface area (TPSA) is 114 Å². The predicted molar refractivity (Wildman–Crippen MR) is 64.7 cm³/mol. The molecular weight excluding hydrogens is 254 g/mol. The normalized spacial score (nSPS) is 11.6. The van der Waals surface area contributed by atoms with E-state index in [9.17, 15) is 8.42 Å². The molecule has 0 aliphatic carbocycles. The molecule has 0 unspecified atom stereocenters. The summed E-state index contributed by atoms with van der Waals surface area (Å²) in [5, 5.41) is -0.0285. The number of nitrogens with zero attached hydrogens (tertiary/aromatic N) is 2. The van der Waals surface area contributed by atoms with E-state index in [4.69, 9.17) is 5.73 Å². The van der Waals surface area contributed by atoms with E-state index in [1.807, 2.05) is 0 Å². The summed E-state index contributed by atoms with van der Waals surface area (Å²) in [4.78, 5) is 10.5. The van der Waals surface area contributed by atoms with Crippen LogP contribution in [-0.4, -0.2) is 23.4 Å². The number of pyridine rings is 1. The third kappa shape index (κ3) is 2.92. The minimum absolute atomic E-state index is 0.0285. The quantitative estimate of drug-likeness (QED) is 0.690. The highest BCUT2D eigenvalue weighted by Crippen LogP contribution is 2.06. The smallest absolute Gasteiger partial charge is 0.258 e. The van der Waals surface area contributed by atoms with Crippen LogP contribution >= 0.6 is 0 Å². The average Bonchev–Trinajstić information content (AvgIpc) is 2.90. The zero-order valence-electron chi connectivity index (χ0n) is 9.50. The lowest BCUT2D eigenvalue weighted by molar-refractivity contribution is 0.576. The van der Waals surface area contributed by atoms with Crippen LogP contribution in [0.3, 0.4) is 0 Å². The van der Waals surface area contributed by atoms with Crippen LogP contribution in [0.5, 0.6) is 0 Å². The molecule has 0 saturated carbocycles. The molecule has 2 aromatic heterocycles. The fourth-order valence-electron chi connectivity index (χ4n) is 1.32. The van der Waals surface area contributed by atoms with Crippen LogP contribution < -0.4 is 10.5 Å². The van der Waals surface area contributed by atoms with Crippen LogP contribution in [0.1, 0.15) is 11.3 Å². The Morgan fingerprint density at radius 3 is 2.72 bits per heavy atom. The number of aromatic amines is 1. The van der Waals surface area contributed by atoms with E-state index in [2.05, 4.69) is 19.7 Å². The van der Waals surface area contributed by atoms with Crippen molar-refractivity contribution >= 4 is 10.0 Å². The van der Waals surface area contributed by atoms with Crippen LogP contribution in [0.15, 0.2) is 35.9 Å². The minimum Gasteiger partial charge on any atom is -0.347 e. The molecule has 0 atom stereocenters. The van der Waals surface area contributed by atoms with Gasteiger partial charge in [0.15, 0.2) is 5.03 Å². The highest BCUT2D eigenvalue weighted by molar-refractivity contribution is 7.89. The highest BCUT2D eigenvalue weighted by Gasteiger charge is 2.15. The molecule has 0 amide bonds. The molecule has 0 aliphatic heterocycles. The number of aromatic nitrogens is 3. The summed E-state index contributed by atoms with van der Waals surface area (Å²) in [7, 11) is -3.61. The molecule has 0 saturated heterocycles. The average molecular weight is 267 g/mol. The molecule has 2 heterocycles. The van der Waals surface area contributed by atoms with E-state index in [0.29, 0.717) is 12.2 Å². The molecule has 0 aliphatic rings. The third-order valence-corrected chi connectivity index (χ3v) is 3.63. The van der Waals surface area contributed by atoms with Gasteiger partial charge in [-0.1, -0.05) is 6.07 Å². The summed E-state index contributed by atoms with van der Waals surface area (Å²) < 4.78 is 26.2. The Morgan fingerprint density at radius 2 is 2.17 bits per heavy atom. The number of imidazole rings is 1. The number of sulfonamides is 1. The van der Waals surface area contributed by atoms with Crippen molar-refractivity contribution in [1.29, 1.82) is 0 Å². The van der Waals surface area contributed by atoms with E-state index in [1.165, 1.54) is 18.6 Å². The lowest BCUT2D eigenvalue weighted by atomic mass is 10.3. The van der Waals surface area contributed by atoms with E-state index in [-0.39, 0.29) is 11.6 Å². The van der Waals surface area contributed by atoms with Crippen LogP contribution in [0.25, 0.3) is 0 Å². The summed E-state index contributed by atoms with van der Waals surface area (Å²) in [6.45, 7) is 0.470. The Hall–Kier alpha value is -1.77. The van der Waals surface area contributed by atoms with E-state index in [1.54, 1.807) is 12.3 Å². The van der Waals surface area contributed by atoms with Crippen molar-refractivity contribution in [2.75, 3.05) is 0 Å². The van der Waals surface area contributed by atoms with Crippen molar-refractivity contribution in [3.05, 3.63) is 42.1 Å². The number of H-pyrrole nitrogens is 1. The van der Waals surface area contributed by atoms with Gasteiger partial charge in [0.05, 0.1) is 12.9 Å². The van der Waals surface area contributed by atoms with Gasteiger partial charge in [0.2, 0.25) is 0 Å². The first-order valence-electron chi connectivity index (χ1n) is 5.24. The van der Waals surface area contributed by atoms with Crippen LogP contribution in [0.2, 0.25) is 0 Å². The monoisotopic (exact) mass is 267 g/mol. The van der Waals surface area contributed by atoms with E-state index >= 15 is 0 Å². The standard InChI is InChI=1S/C10H13N5O2S/c11-3-8-1-2-10(13-4-8)18(16,17)15-6-9-5-12-7-14-9/h1-2,4-5,7,15H,3,6,11H2,(H,12,14). The second-order valence-corrected chi connectivity index (χ2v) is 5.32. The predicted octanol–water partition coefficient (Wildman–Crippen LogP) is -0.258. The lowest BCUT2D eigenvalue weighted by Crippen LogP contribution is -2.24. The van der Waals surface area contributed by atoms with Crippen molar-refractivity contribution in [2.45, 2.75) is 18.1 Å². The van der Waals surface area contributed by atoms with Crippen molar-refractivity contribution in [2.24, 2.45) is 5.73 Å². The summed E-state index contributed by atoms with van der Waals surface area (Å²) in [6.07, 6.45) is 4.48. The van der Waals surface area contributed by atoms with Gasteiger partial charge < -0.3 is 10.7 Å². The van der Waals surface area contributed by atoms with Crippen molar-refractivity contribution < 1.29 is 8.42 Å². The first-order valence-corrected chi connectivity index (χ1v) is 6.72. The zero-order valence-corrected chi connectivity index (χ0v) is 10.3. The first kappa shape index (κ1) is 12.7. The van der Waals surface area contributed by atoms with Crippen LogP contribution in [-0.2, 0) is 23.1 Å².